The number of aryl methyl sites for hydroxylation is 1. The van der Waals surface area contributed by atoms with Crippen molar-refractivity contribution in [3.05, 3.63) is 23.3 Å². The van der Waals surface area contributed by atoms with Crippen molar-refractivity contribution in [3.8, 4) is 11.5 Å². The van der Waals surface area contributed by atoms with Crippen LogP contribution in [0, 0.1) is 0 Å². The number of hydrogen-bond donors (Lipinski definition) is 3. The Kier molecular flexibility index (Phi) is 3.09. The number of rotatable bonds is 3. The van der Waals surface area contributed by atoms with Crippen molar-refractivity contribution < 1.29 is 15.0 Å². The Morgan fingerprint density at radius 1 is 1.43 bits per heavy atom. The SMILES string of the molecule is CCc1ccc(O)c(C(=O)CN)c1O. The minimum Gasteiger partial charge on any atom is -0.507 e. The van der Waals surface area contributed by atoms with Crippen LogP contribution in [-0.4, -0.2) is 22.5 Å². The fraction of sp³-hybridized carbons (Fsp3) is 0.300. The summed E-state index contributed by atoms with van der Waals surface area (Å²) in [5.41, 5.74) is 5.71. The molecule has 4 heteroatoms. The van der Waals surface area contributed by atoms with Crippen LogP contribution in [0.25, 0.3) is 0 Å². The highest BCUT2D eigenvalue weighted by atomic mass is 16.3. The molecule has 0 amide bonds. The smallest absolute Gasteiger partial charge is 0.183 e. The van der Waals surface area contributed by atoms with E-state index in [2.05, 4.69) is 0 Å². The number of carbonyl (C=O) groups excluding carboxylic acids is 1. The average molecular weight is 195 g/mol. The Bertz CT molecular complexity index is 361. The number of carbonyl (C=O) groups is 1. The average Bonchev–Trinajstić information content (AvgIpc) is 2.18. The van der Waals surface area contributed by atoms with E-state index in [1.165, 1.54) is 6.07 Å². The third-order valence-electron chi connectivity index (χ3n) is 2.08. The van der Waals surface area contributed by atoms with E-state index in [4.69, 9.17) is 5.73 Å². The Morgan fingerprint density at radius 3 is 2.57 bits per heavy atom. The van der Waals surface area contributed by atoms with Gasteiger partial charge in [-0.15, -0.1) is 0 Å². The zero-order valence-electron chi connectivity index (χ0n) is 7.95. The van der Waals surface area contributed by atoms with Crippen LogP contribution < -0.4 is 5.73 Å². The van der Waals surface area contributed by atoms with Gasteiger partial charge in [0.1, 0.15) is 17.1 Å². The van der Waals surface area contributed by atoms with E-state index in [0.29, 0.717) is 12.0 Å². The first-order valence-corrected chi connectivity index (χ1v) is 4.38. The maximum Gasteiger partial charge on any atom is 0.183 e. The van der Waals surface area contributed by atoms with Gasteiger partial charge in [0.05, 0.1) is 6.54 Å². The van der Waals surface area contributed by atoms with Crippen molar-refractivity contribution in [1.82, 2.24) is 0 Å². The number of nitrogens with two attached hydrogens (primary N) is 1. The van der Waals surface area contributed by atoms with Gasteiger partial charge in [-0.2, -0.15) is 0 Å². The molecule has 0 bridgehead atoms. The molecule has 1 aromatic carbocycles. The lowest BCUT2D eigenvalue weighted by Gasteiger charge is -2.08. The molecule has 0 unspecified atom stereocenters. The summed E-state index contributed by atoms with van der Waals surface area (Å²) in [5.74, 6) is -0.853. The van der Waals surface area contributed by atoms with Gasteiger partial charge in [-0.05, 0) is 18.1 Å². The van der Waals surface area contributed by atoms with Crippen LogP contribution in [0.2, 0.25) is 0 Å². The van der Waals surface area contributed by atoms with Crippen LogP contribution in [0.1, 0.15) is 22.8 Å². The number of ketones is 1. The highest BCUT2D eigenvalue weighted by Gasteiger charge is 2.17. The Labute approximate surface area is 82.0 Å². The van der Waals surface area contributed by atoms with Gasteiger partial charge >= 0.3 is 0 Å². The summed E-state index contributed by atoms with van der Waals surface area (Å²) in [6.07, 6.45) is 0.594. The second-order valence-electron chi connectivity index (χ2n) is 2.95. The molecular formula is C10H13NO3. The standard InChI is InChI=1S/C10H13NO3/c1-2-6-3-4-7(12)9(10(6)14)8(13)5-11/h3-4,12,14H,2,5,11H2,1H3. The minimum absolute atomic E-state index is 0.0770. The summed E-state index contributed by atoms with van der Waals surface area (Å²) in [7, 11) is 0. The van der Waals surface area contributed by atoms with E-state index in [1.54, 1.807) is 6.07 Å². The summed E-state index contributed by atoms with van der Waals surface area (Å²) < 4.78 is 0. The van der Waals surface area contributed by atoms with Crippen LogP contribution >= 0.6 is 0 Å². The van der Waals surface area contributed by atoms with E-state index in [-0.39, 0.29) is 23.6 Å². The topological polar surface area (TPSA) is 83.5 Å². The van der Waals surface area contributed by atoms with Gasteiger partial charge in [-0.3, -0.25) is 4.79 Å². The molecule has 76 valence electrons. The first-order chi connectivity index (χ1) is 6.61. The summed E-state index contributed by atoms with van der Waals surface area (Å²) >= 11 is 0. The van der Waals surface area contributed by atoms with Gasteiger partial charge in [-0.25, -0.2) is 0 Å². The fourth-order valence-electron chi connectivity index (χ4n) is 1.29. The highest BCUT2D eigenvalue weighted by Crippen LogP contribution is 2.30. The number of aromatic hydroxyl groups is 2. The lowest BCUT2D eigenvalue weighted by atomic mass is 10.0. The van der Waals surface area contributed by atoms with Gasteiger partial charge in [-0.1, -0.05) is 13.0 Å². The highest BCUT2D eigenvalue weighted by molar-refractivity contribution is 6.02. The molecule has 0 saturated heterocycles. The van der Waals surface area contributed by atoms with Crippen molar-refractivity contribution in [2.45, 2.75) is 13.3 Å². The van der Waals surface area contributed by atoms with E-state index in [0.717, 1.165) is 0 Å². The third-order valence-corrected chi connectivity index (χ3v) is 2.08. The Hall–Kier alpha value is -1.55. The van der Waals surface area contributed by atoms with Crippen molar-refractivity contribution >= 4 is 5.78 Å². The van der Waals surface area contributed by atoms with Crippen LogP contribution in [0.4, 0.5) is 0 Å². The van der Waals surface area contributed by atoms with E-state index in [1.807, 2.05) is 6.92 Å². The van der Waals surface area contributed by atoms with Gasteiger partial charge in [0.25, 0.3) is 0 Å². The maximum atomic E-state index is 11.3. The summed E-state index contributed by atoms with van der Waals surface area (Å²) in [6, 6.07) is 2.97. The first kappa shape index (κ1) is 10.5. The van der Waals surface area contributed by atoms with Crippen molar-refractivity contribution in [3.63, 3.8) is 0 Å². The zero-order valence-corrected chi connectivity index (χ0v) is 7.95. The molecule has 0 heterocycles. The van der Waals surface area contributed by atoms with Crippen LogP contribution in [0.3, 0.4) is 0 Å². The van der Waals surface area contributed by atoms with Crippen LogP contribution in [0.15, 0.2) is 12.1 Å². The monoisotopic (exact) mass is 195 g/mol. The van der Waals surface area contributed by atoms with E-state index >= 15 is 0 Å². The van der Waals surface area contributed by atoms with Gasteiger partial charge in [0, 0.05) is 0 Å². The molecule has 0 aliphatic heterocycles. The van der Waals surface area contributed by atoms with Crippen molar-refractivity contribution in [2.24, 2.45) is 5.73 Å². The molecule has 1 aromatic rings. The molecule has 1 rings (SSSR count). The Balaban J connectivity index is 3.32. The molecule has 0 atom stereocenters. The predicted molar refractivity (Wildman–Crippen MR) is 52.5 cm³/mol. The largest absolute Gasteiger partial charge is 0.507 e. The second-order valence-corrected chi connectivity index (χ2v) is 2.95. The molecule has 0 aromatic heterocycles. The maximum absolute atomic E-state index is 11.3. The molecule has 4 nitrogen and oxygen atoms in total. The van der Waals surface area contributed by atoms with Gasteiger partial charge in [0.2, 0.25) is 0 Å². The lowest BCUT2D eigenvalue weighted by Crippen LogP contribution is -2.14. The normalized spacial score (nSPS) is 10.1. The number of benzene rings is 1. The van der Waals surface area contributed by atoms with Gasteiger partial charge < -0.3 is 15.9 Å². The molecule has 0 radical (unpaired) electrons. The molecule has 0 fully saturated rings. The molecular weight excluding hydrogens is 182 g/mol. The van der Waals surface area contributed by atoms with E-state index in [9.17, 15) is 15.0 Å². The number of phenolic OH excluding ortho intramolecular Hbond substituents is 2. The van der Waals surface area contributed by atoms with Crippen LogP contribution in [-0.2, 0) is 6.42 Å². The molecule has 0 saturated carbocycles. The number of phenols is 2. The van der Waals surface area contributed by atoms with Crippen LogP contribution in [0.5, 0.6) is 11.5 Å². The third kappa shape index (κ3) is 1.70. The summed E-state index contributed by atoms with van der Waals surface area (Å²) in [5, 5.41) is 19.0. The van der Waals surface area contributed by atoms with E-state index < -0.39 is 5.78 Å². The first-order valence-electron chi connectivity index (χ1n) is 4.38. The minimum atomic E-state index is -0.463. The van der Waals surface area contributed by atoms with Crippen molar-refractivity contribution in [1.29, 1.82) is 0 Å². The number of hydrogen-bond acceptors (Lipinski definition) is 4. The fourth-order valence-corrected chi connectivity index (χ4v) is 1.29. The summed E-state index contributed by atoms with van der Waals surface area (Å²) in [4.78, 5) is 11.3. The quantitative estimate of drug-likeness (QED) is 0.623. The van der Waals surface area contributed by atoms with Gasteiger partial charge in [0.15, 0.2) is 5.78 Å². The molecule has 4 N–H and O–H groups in total. The molecule has 0 spiro atoms. The Morgan fingerprint density at radius 2 is 2.07 bits per heavy atom. The summed E-state index contributed by atoms with van der Waals surface area (Å²) in [6.45, 7) is 1.62. The molecule has 14 heavy (non-hydrogen) atoms. The van der Waals surface area contributed by atoms with Crippen molar-refractivity contribution in [2.75, 3.05) is 6.54 Å². The molecule has 0 aliphatic rings. The lowest BCUT2D eigenvalue weighted by molar-refractivity contribution is 0.0996. The zero-order chi connectivity index (χ0) is 10.7. The number of Topliss-reactive ketones (excluding diaryl/α,β-unsaturated/α-hetero) is 1. The molecule has 0 aliphatic carbocycles. The second kappa shape index (κ2) is 4.11. The predicted octanol–water partition coefficient (Wildman–Crippen LogP) is 0.802.